The van der Waals surface area contributed by atoms with Crippen LogP contribution in [0.2, 0.25) is 0 Å². The third-order valence-corrected chi connectivity index (χ3v) is 3.93. The first-order valence-corrected chi connectivity index (χ1v) is 8.67. The standard InChI is InChI=1S/C22H25NO4/c1-16(2)9-12-19-20(26-3)13-10-18(11-14-21(24)23-25)22(19)27-15-17-7-5-4-6-8-17/h4-11,13-14,25H,12,15H2,1-3H3,(H,23,24). The maximum atomic E-state index is 11.4. The number of ether oxygens (including phenoxy) is 2. The summed E-state index contributed by atoms with van der Waals surface area (Å²) in [5.41, 5.74) is 5.45. The van der Waals surface area contributed by atoms with Crippen LogP contribution >= 0.6 is 0 Å². The number of hydroxylamine groups is 1. The van der Waals surface area contributed by atoms with Crippen molar-refractivity contribution >= 4 is 12.0 Å². The van der Waals surface area contributed by atoms with Crippen molar-refractivity contribution in [2.45, 2.75) is 26.9 Å². The third-order valence-electron chi connectivity index (χ3n) is 3.93. The topological polar surface area (TPSA) is 67.8 Å². The van der Waals surface area contributed by atoms with Gasteiger partial charge in [0.1, 0.15) is 18.1 Å². The third kappa shape index (κ3) is 6.01. The molecule has 0 atom stereocenters. The van der Waals surface area contributed by atoms with Gasteiger partial charge in [0.15, 0.2) is 0 Å². The Bertz CT molecular complexity index is 822. The zero-order valence-electron chi connectivity index (χ0n) is 15.9. The molecule has 27 heavy (non-hydrogen) atoms. The summed E-state index contributed by atoms with van der Waals surface area (Å²) < 4.78 is 11.7. The lowest BCUT2D eigenvalue weighted by Crippen LogP contribution is -2.14. The van der Waals surface area contributed by atoms with Gasteiger partial charge in [-0.2, -0.15) is 0 Å². The molecular weight excluding hydrogens is 342 g/mol. The fraction of sp³-hybridized carbons (Fsp3) is 0.227. The Morgan fingerprint density at radius 1 is 1.15 bits per heavy atom. The van der Waals surface area contributed by atoms with E-state index in [0.717, 1.165) is 22.4 Å². The largest absolute Gasteiger partial charge is 0.496 e. The number of benzene rings is 2. The number of hydrogen-bond acceptors (Lipinski definition) is 4. The van der Waals surface area contributed by atoms with Crippen molar-refractivity contribution in [3.63, 3.8) is 0 Å². The van der Waals surface area contributed by atoms with Gasteiger partial charge in [-0.05, 0) is 44.0 Å². The van der Waals surface area contributed by atoms with Crippen molar-refractivity contribution in [2.75, 3.05) is 7.11 Å². The van der Waals surface area contributed by atoms with E-state index in [4.69, 9.17) is 14.7 Å². The fourth-order valence-electron chi connectivity index (χ4n) is 2.55. The number of rotatable bonds is 8. The zero-order valence-corrected chi connectivity index (χ0v) is 15.9. The Kier molecular flexibility index (Phi) is 7.64. The van der Waals surface area contributed by atoms with Crippen molar-refractivity contribution in [2.24, 2.45) is 0 Å². The van der Waals surface area contributed by atoms with Crippen LogP contribution in [0.5, 0.6) is 11.5 Å². The normalized spacial score (nSPS) is 10.5. The summed E-state index contributed by atoms with van der Waals surface area (Å²) in [7, 11) is 1.62. The van der Waals surface area contributed by atoms with Crippen molar-refractivity contribution in [1.82, 2.24) is 5.48 Å². The summed E-state index contributed by atoms with van der Waals surface area (Å²) in [4.78, 5) is 11.4. The highest BCUT2D eigenvalue weighted by molar-refractivity contribution is 5.91. The van der Waals surface area contributed by atoms with Crippen molar-refractivity contribution in [3.05, 3.63) is 76.9 Å². The minimum absolute atomic E-state index is 0.392. The van der Waals surface area contributed by atoms with Gasteiger partial charge >= 0.3 is 0 Å². The van der Waals surface area contributed by atoms with Gasteiger partial charge in [-0.15, -0.1) is 0 Å². The molecule has 0 bridgehead atoms. The quantitative estimate of drug-likeness (QED) is 0.316. The lowest BCUT2D eigenvalue weighted by Gasteiger charge is -2.17. The van der Waals surface area contributed by atoms with E-state index < -0.39 is 5.91 Å². The molecule has 0 aliphatic rings. The number of carbonyl (C=O) groups is 1. The van der Waals surface area contributed by atoms with Crippen LogP contribution in [0, 0.1) is 0 Å². The van der Waals surface area contributed by atoms with Crippen LogP contribution in [0.1, 0.15) is 30.5 Å². The highest BCUT2D eigenvalue weighted by atomic mass is 16.5. The van der Waals surface area contributed by atoms with E-state index in [9.17, 15) is 4.79 Å². The number of amides is 1. The highest BCUT2D eigenvalue weighted by Gasteiger charge is 2.14. The molecule has 0 aliphatic carbocycles. The maximum Gasteiger partial charge on any atom is 0.267 e. The molecule has 1 amide bonds. The fourth-order valence-corrected chi connectivity index (χ4v) is 2.55. The molecule has 2 aromatic carbocycles. The zero-order chi connectivity index (χ0) is 19.6. The first-order valence-electron chi connectivity index (χ1n) is 8.67. The number of nitrogens with one attached hydrogen (secondary N) is 1. The SMILES string of the molecule is COc1ccc(C=CC(=O)NO)c(OCc2ccccc2)c1CC=C(C)C. The van der Waals surface area contributed by atoms with E-state index in [2.05, 4.69) is 6.08 Å². The highest BCUT2D eigenvalue weighted by Crippen LogP contribution is 2.35. The Balaban J connectivity index is 2.45. The first-order chi connectivity index (χ1) is 13.0. The van der Waals surface area contributed by atoms with Crippen LogP contribution in [-0.2, 0) is 17.8 Å². The van der Waals surface area contributed by atoms with Crippen LogP contribution in [-0.4, -0.2) is 18.2 Å². The van der Waals surface area contributed by atoms with Gasteiger partial charge in [0.2, 0.25) is 0 Å². The molecule has 0 unspecified atom stereocenters. The van der Waals surface area contributed by atoms with Crippen molar-refractivity contribution in [3.8, 4) is 11.5 Å². The van der Waals surface area contributed by atoms with Crippen molar-refractivity contribution < 1.29 is 19.5 Å². The molecule has 5 nitrogen and oxygen atoms in total. The van der Waals surface area contributed by atoms with Gasteiger partial charge in [-0.3, -0.25) is 10.0 Å². The Morgan fingerprint density at radius 3 is 2.52 bits per heavy atom. The molecule has 0 fully saturated rings. The molecule has 2 N–H and O–H groups in total. The number of hydrogen-bond donors (Lipinski definition) is 2. The van der Waals surface area contributed by atoms with Crippen LogP contribution in [0.25, 0.3) is 6.08 Å². The molecular formula is C22H25NO4. The summed E-state index contributed by atoms with van der Waals surface area (Å²) >= 11 is 0. The summed E-state index contributed by atoms with van der Waals surface area (Å²) in [6, 6.07) is 13.5. The summed E-state index contributed by atoms with van der Waals surface area (Å²) in [5.74, 6) is 0.766. The summed E-state index contributed by atoms with van der Waals surface area (Å²) in [6.45, 7) is 4.46. The Hall–Kier alpha value is -3.05. The molecule has 0 saturated heterocycles. The van der Waals surface area contributed by atoms with E-state index in [1.807, 2.05) is 56.3 Å². The second kappa shape index (κ2) is 10.2. The Morgan fingerprint density at radius 2 is 1.89 bits per heavy atom. The van der Waals surface area contributed by atoms with E-state index in [0.29, 0.717) is 18.8 Å². The molecule has 5 heteroatoms. The molecule has 0 aliphatic heterocycles. The lowest BCUT2D eigenvalue weighted by atomic mass is 10.0. The monoisotopic (exact) mass is 367 g/mol. The van der Waals surface area contributed by atoms with Gasteiger partial charge in [0.25, 0.3) is 5.91 Å². The van der Waals surface area contributed by atoms with Crippen LogP contribution in [0.4, 0.5) is 0 Å². The van der Waals surface area contributed by atoms with Crippen LogP contribution in [0.15, 0.2) is 60.2 Å². The second-order valence-corrected chi connectivity index (χ2v) is 6.23. The predicted molar refractivity (Wildman–Crippen MR) is 106 cm³/mol. The average molecular weight is 367 g/mol. The molecule has 142 valence electrons. The minimum Gasteiger partial charge on any atom is -0.496 e. The number of allylic oxidation sites excluding steroid dienone is 2. The molecule has 2 aromatic rings. The number of methoxy groups -OCH3 is 1. The van der Waals surface area contributed by atoms with E-state index >= 15 is 0 Å². The molecule has 0 heterocycles. The average Bonchev–Trinajstić information content (AvgIpc) is 2.69. The molecule has 0 aromatic heterocycles. The Labute approximate surface area is 159 Å². The number of carbonyl (C=O) groups excluding carboxylic acids is 1. The van der Waals surface area contributed by atoms with Crippen LogP contribution in [0.3, 0.4) is 0 Å². The predicted octanol–water partition coefficient (Wildman–Crippen LogP) is 4.30. The maximum absolute atomic E-state index is 11.4. The first kappa shape index (κ1) is 20.3. The van der Waals surface area contributed by atoms with Crippen LogP contribution < -0.4 is 15.0 Å². The lowest BCUT2D eigenvalue weighted by molar-refractivity contribution is -0.124. The van der Waals surface area contributed by atoms with E-state index in [1.54, 1.807) is 18.7 Å². The molecule has 0 spiro atoms. The van der Waals surface area contributed by atoms with Gasteiger partial charge in [-0.25, -0.2) is 5.48 Å². The van der Waals surface area contributed by atoms with Gasteiger partial charge in [-0.1, -0.05) is 42.0 Å². The van der Waals surface area contributed by atoms with E-state index in [1.165, 1.54) is 11.6 Å². The molecule has 2 rings (SSSR count). The summed E-state index contributed by atoms with van der Waals surface area (Å²) in [5, 5.41) is 8.71. The molecule has 0 saturated carbocycles. The van der Waals surface area contributed by atoms with Gasteiger partial charge in [0, 0.05) is 17.2 Å². The summed E-state index contributed by atoms with van der Waals surface area (Å²) in [6.07, 6.45) is 5.60. The van der Waals surface area contributed by atoms with Crippen molar-refractivity contribution in [1.29, 1.82) is 0 Å². The van der Waals surface area contributed by atoms with Gasteiger partial charge in [0.05, 0.1) is 7.11 Å². The van der Waals surface area contributed by atoms with Gasteiger partial charge < -0.3 is 9.47 Å². The smallest absolute Gasteiger partial charge is 0.267 e. The second-order valence-electron chi connectivity index (χ2n) is 6.23. The molecule has 0 radical (unpaired) electrons. The minimum atomic E-state index is -0.606. The van der Waals surface area contributed by atoms with E-state index in [-0.39, 0.29) is 0 Å².